The quantitative estimate of drug-likeness (QED) is 0.752. The molecule has 2 atom stereocenters. The Morgan fingerprint density at radius 3 is 2.95 bits per heavy atom. The summed E-state index contributed by atoms with van der Waals surface area (Å²) >= 11 is 0. The summed E-state index contributed by atoms with van der Waals surface area (Å²) in [5, 5.41) is 14.9. The van der Waals surface area contributed by atoms with E-state index >= 15 is 0 Å². The molecule has 1 heterocycles. The molecule has 0 saturated heterocycles. The smallest absolute Gasteiger partial charge is 0.306 e. The molecule has 2 unspecified atom stereocenters. The van der Waals surface area contributed by atoms with Crippen LogP contribution in [-0.4, -0.2) is 30.1 Å². The lowest BCUT2D eigenvalue weighted by Crippen LogP contribution is -2.39. The lowest BCUT2D eigenvalue weighted by atomic mass is 9.90. The van der Waals surface area contributed by atoms with Gasteiger partial charge in [0.05, 0.1) is 11.8 Å². The van der Waals surface area contributed by atoms with Gasteiger partial charge in [-0.05, 0) is 17.5 Å². The van der Waals surface area contributed by atoms with Crippen LogP contribution in [-0.2, 0) is 16.1 Å². The molecular formula is C15H20N2O3. The third kappa shape index (κ3) is 3.36. The van der Waals surface area contributed by atoms with Crippen LogP contribution in [0.25, 0.3) is 0 Å². The molecule has 0 radical (unpaired) electrons. The average Bonchev–Trinajstić information content (AvgIpc) is 2.46. The molecule has 1 aliphatic heterocycles. The fourth-order valence-electron chi connectivity index (χ4n) is 2.39. The molecule has 0 aliphatic carbocycles. The summed E-state index contributed by atoms with van der Waals surface area (Å²) in [7, 11) is 0. The highest BCUT2D eigenvalue weighted by Gasteiger charge is 2.25. The summed E-state index contributed by atoms with van der Waals surface area (Å²) < 4.78 is 0. The number of hydrogen-bond acceptors (Lipinski definition) is 3. The normalized spacial score (nSPS) is 18.9. The third-order valence-electron chi connectivity index (χ3n) is 3.71. The summed E-state index contributed by atoms with van der Waals surface area (Å²) in [6.45, 7) is 3.45. The molecule has 1 amide bonds. The maximum atomic E-state index is 12.2. The predicted octanol–water partition coefficient (Wildman–Crippen LogP) is 1.10. The summed E-state index contributed by atoms with van der Waals surface area (Å²) in [5.41, 5.74) is 2.22. The first-order valence-corrected chi connectivity index (χ1v) is 6.88. The Balaban J connectivity index is 1.92. The van der Waals surface area contributed by atoms with Crippen LogP contribution in [0.2, 0.25) is 0 Å². The zero-order valence-corrected chi connectivity index (χ0v) is 11.6. The fourth-order valence-corrected chi connectivity index (χ4v) is 2.39. The minimum absolute atomic E-state index is 0.0396. The number of carbonyl (C=O) groups excluding carboxylic acids is 1. The average molecular weight is 276 g/mol. The Hall–Kier alpha value is -1.88. The highest BCUT2D eigenvalue weighted by Crippen LogP contribution is 2.23. The molecule has 0 saturated carbocycles. The molecule has 1 aromatic carbocycles. The van der Waals surface area contributed by atoms with Crippen LogP contribution >= 0.6 is 0 Å². The Morgan fingerprint density at radius 1 is 1.45 bits per heavy atom. The van der Waals surface area contributed by atoms with Gasteiger partial charge in [0.25, 0.3) is 0 Å². The van der Waals surface area contributed by atoms with Gasteiger partial charge in [-0.1, -0.05) is 31.2 Å². The molecule has 108 valence electrons. The SMILES string of the molecule is CC(CCNC(=O)C1CNCc2ccccc21)C(=O)O. The summed E-state index contributed by atoms with van der Waals surface area (Å²) in [5.74, 6) is -1.50. The third-order valence-corrected chi connectivity index (χ3v) is 3.71. The molecule has 20 heavy (non-hydrogen) atoms. The molecule has 0 spiro atoms. The number of hydrogen-bond donors (Lipinski definition) is 3. The predicted molar refractivity (Wildman–Crippen MR) is 75.3 cm³/mol. The maximum absolute atomic E-state index is 12.2. The fraction of sp³-hybridized carbons (Fsp3) is 0.467. The maximum Gasteiger partial charge on any atom is 0.306 e. The van der Waals surface area contributed by atoms with Crippen LogP contribution in [0.1, 0.15) is 30.4 Å². The number of benzene rings is 1. The van der Waals surface area contributed by atoms with Crippen molar-refractivity contribution in [3.63, 3.8) is 0 Å². The highest BCUT2D eigenvalue weighted by molar-refractivity contribution is 5.84. The second-order valence-corrected chi connectivity index (χ2v) is 5.20. The molecule has 5 nitrogen and oxygen atoms in total. The molecule has 3 N–H and O–H groups in total. The molecule has 2 rings (SSSR count). The van der Waals surface area contributed by atoms with Gasteiger partial charge in [0.2, 0.25) is 5.91 Å². The van der Waals surface area contributed by atoms with Crippen molar-refractivity contribution >= 4 is 11.9 Å². The van der Waals surface area contributed by atoms with Crippen LogP contribution in [0.3, 0.4) is 0 Å². The number of rotatable bonds is 5. The number of carboxylic acid groups (broad SMARTS) is 1. The Labute approximate surface area is 118 Å². The Morgan fingerprint density at radius 2 is 2.20 bits per heavy atom. The van der Waals surface area contributed by atoms with E-state index in [0.29, 0.717) is 19.5 Å². The number of aliphatic carboxylic acids is 1. The summed E-state index contributed by atoms with van der Waals surface area (Å²) in [4.78, 5) is 22.9. The van der Waals surface area contributed by atoms with E-state index in [9.17, 15) is 9.59 Å². The van der Waals surface area contributed by atoms with Gasteiger partial charge in [0, 0.05) is 19.6 Å². The van der Waals surface area contributed by atoms with Crippen LogP contribution in [0.15, 0.2) is 24.3 Å². The van der Waals surface area contributed by atoms with Gasteiger partial charge < -0.3 is 15.7 Å². The van der Waals surface area contributed by atoms with Crippen molar-refractivity contribution in [2.45, 2.75) is 25.8 Å². The second kappa shape index (κ2) is 6.52. The van der Waals surface area contributed by atoms with Crippen LogP contribution in [0, 0.1) is 5.92 Å². The Kier molecular flexibility index (Phi) is 4.74. The first-order valence-electron chi connectivity index (χ1n) is 6.88. The van der Waals surface area contributed by atoms with E-state index in [-0.39, 0.29) is 11.8 Å². The van der Waals surface area contributed by atoms with Crippen LogP contribution < -0.4 is 10.6 Å². The standard InChI is InChI=1S/C15H20N2O3/c1-10(15(19)20)6-7-17-14(18)13-9-16-8-11-4-2-3-5-12(11)13/h2-5,10,13,16H,6-9H2,1H3,(H,17,18)(H,19,20). The van der Waals surface area contributed by atoms with E-state index < -0.39 is 11.9 Å². The van der Waals surface area contributed by atoms with Crippen molar-refractivity contribution in [3.05, 3.63) is 35.4 Å². The largest absolute Gasteiger partial charge is 0.481 e. The molecule has 1 aromatic rings. The summed E-state index contributed by atoms with van der Waals surface area (Å²) in [6, 6.07) is 7.92. The van der Waals surface area contributed by atoms with Gasteiger partial charge >= 0.3 is 5.97 Å². The molecule has 1 aliphatic rings. The zero-order chi connectivity index (χ0) is 14.5. The first-order chi connectivity index (χ1) is 9.59. The zero-order valence-electron chi connectivity index (χ0n) is 11.6. The number of carboxylic acids is 1. The van der Waals surface area contributed by atoms with Crippen molar-refractivity contribution in [3.8, 4) is 0 Å². The molecule has 0 fully saturated rings. The van der Waals surface area contributed by atoms with E-state index in [4.69, 9.17) is 5.11 Å². The second-order valence-electron chi connectivity index (χ2n) is 5.20. The van der Waals surface area contributed by atoms with E-state index in [1.165, 1.54) is 0 Å². The van der Waals surface area contributed by atoms with Crippen molar-refractivity contribution in [1.29, 1.82) is 0 Å². The minimum Gasteiger partial charge on any atom is -0.481 e. The van der Waals surface area contributed by atoms with E-state index in [2.05, 4.69) is 10.6 Å². The van der Waals surface area contributed by atoms with Gasteiger partial charge in [-0.25, -0.2) is 0 Å². The topological polar surface area (TPSA) is 78.4 Å². The van der Waals surface area contributed by atoms with Gasteiger partial charge in [0.1, 0.15) is 0 Å². The van der Waals surface area contributed by atoms with E-state index in [0.717, 1.165) is 17.7 Å². The van der Waals surface area contributed by atoms with Crippen molar-refractivity contribution in [1.82, 2.24) is 10.6 Å². The van der Waals surface area contributed by atoms with Gasteiger partial charge in [-0.2, -0.15) is 0 Å². The first kappa shape index (κ1) is 14.5. The van der Waals surface area contributed by atoms with Crippen molar-refractivity contribution < 1.29 is 14.7 Å². The van der Waals surface area contributed by atoms with Crippen LogP contribution in [0.5, 0.6) is 0 Å². The molecule has 0 aromatic heterocycles. The minimum atomic E-state index is -0.830. The number of nitrogens with one attached hydrogen (secondary N) is 2. The van der Waals surface area contributed by atoms with Gasteiger partial charge in [-0.3, -0.25) is 9.59 Å². The lowest BCUT2D eigenvalue weighted by molar-refractivity contribution is -0.141. The molecule has 5 heteroatoms. The van der Waals surface area contributed by atoms with Crippen molar-refractivity contribution in [2.75, 3.05) is 13.1 Å². The van der Waals surface area contributed by atoms with Gasteiger partial charge in [-0.15, -0.1) is 0 Å². The van der Waals surface area contributed by atoms with E-state index in [1.54, 1.807) is 6.92 Å². The number of carbonyl (C=O) groups is 2. The monoisotopic (exact) mass is 276 g/mol. The van der Waals surface area contributed by atoms with Crippen molar-refractivity contribution in [2.24, 2.45) is 5.92 Å². The number of amides is 1. The molecule has 0 bridgehead atoms. The van der Waals surface area contributed by atoms with E-state index in [1.807, 2.05) is 24.3 Å². The lowest BCUT2D eigenvalue weighted by Gasteiger charge is -2.25. The van der Waals surface area contributed by atoms with Crippen LogP contribution in [0.4, 0.5) is 0 Å². The summed E-state index contributed by atoms with van der Waals surface area (Å²) in [6.07, 6.45) is 0.447. The van der Waals surface area contributed by atoms with Gasteiger partial charge in [0.15, 0.2) is 0 Å². The Bertz CT molecular complexity index is 502. The number of fused-ring (bicyclic) bond motifs is 1. The molecular weight excluding hydrogens is 256 g/mol. The highest BCUT2D eigenvalue weighted by atomic mass is 16.4.